The first kappa shape index (κ1) is 14.5. The summed E-state index contributed by atoms with van der Waals surface area (Å²) >= 11 is 7.04. The Kier molecular flexibility index (Phi) is 4.22. The summed E-state index contributed by atoms with van der Waals surface area (Å²) in [6.07, 6.45) is 1.96. The van der Waals surface area contributed by atoms with E-state index >= 15 is 0 Å². The first-order valence-electron chi connectivity index (χ1n) is 6.50. The second-order valence-electron chi connectivity index (χ2n) is 4.72. The third kappa shape index (κ3) is 3.09. The van der Waals surface area contributed by atoms with E-state index in [0.717, 1.165) is 32.4 Å². The third-order valence-electron chi connectivity index (χ3n) is 3.34. The molecule has 0 aliphatic carbocycles. The zero-order valence-electron chi connectivity index (χ0n) is 11.4. The Balaban J connectivity index is 1.80. The van der Waals surface area contributed by atoms with Crippen molar-refractivity contribution in [3.05, 3.63) is 57.1 Å². The summed E-state index contributed by atoms with van der Waals surface area (Å²) in [5, 5.41) is 4.65. The Bertz CT molecular complexity index is 783. The van der Waals surface area contributed by atoms with E-state index in [1.165, 1.54) is 10.9 Å². The molecule has 0 aliphatic heterocycles. The van der Waals surface area contributed by atoms with Crippen LogP contribution in [0.15, 0.2) is 51.5 Å². The van der Waals surface area contributed by atoms with Gasteiger partial charge in [0.1, 0.15) is 5.75 Å². The van der Waals surface area contributed by atoms with E-state index in [4.69, 9.17) is 4.74 Å². The third-order valence-corrected chi connectivity index (χ3v) is 4.62. The zero-order valence-corrected chi connectivity index (χ0v) is 14.6. The van der Waals surface area contributed by atoms with Gasteiger partial charge in [0.2, 0.25) is 0 Å². The Morgan fingerprint density at radius 1 is 1.10 bits per heavy atom. The number of hydrogen-bond acceptors (Lipinski definition) is 2. The van der Waals surface area contributed by atoms with E-state index in [9.17, 15) is 0 Å². The van der Waals surface area contributed by atoms with Crippen molar-refractivity contribution in [1.82, 2.24) is 4.98 Å². The van der Waals surface area contributed by atoms with Crippen molar-refractivity contribution in [2.45, 2.75) is 6.54 Å². The maximum Gasteiger partial charge on any atom is 0.135 e. The molecular formula is C16H14Br2N2O. The molecule has 3 nitrogen and oxygen atoms in total. The van der Waals surface area contributed by atoms with E-state index in [1.807, 2.05) is 18.3 Å². The predicted molar refractivity (Wildman–Crippen MR) is 94.0 cm³/mol. The molecule has 0 amide bonds. The van der Waals surface area contributed by atoms with Crippen LogP contribution in [0.2, 0.25) is 0 Å². The molecule has 1 aromatic heterocycles. The molecule has 3 rings (SSSR count). The molecule has 3 aromatic rings. The SMILES string of the molecule is COc1cc(NCc2ccc3cc[nH]c3c2)c(Br)cc1Br. The molecule has 1 heterocycles. The lowest BCUT2D eigenvalue weighted by Crippen LogP contribution is -2.00. The molecular weight excluding hydrogens is 396 g/mol. The van der Waals surface area contributed by atoms with Crippen LogP contribution in [-0.2, 0) is 6.54 Å². The van der Waals surface area contributed by atoms with Gasteiger partial charge in [0.05, 0.1) is 17.3 Å². The van der Waals surface area contributed by atoms with Gasteiger partial charge in [0.15, 0.2) is 0 Å². The number of aromatic nitrogens is 1. The fourth-order valence-electron chi connectivity index (χ4n) is 2.22. The van der Waals surface area contributed by atoms with Gasteiger partial charge in [-0.15, -0.1) is 0 Å². The highest BCUT2D eigenvalue weighted by atomic mass is 79.9. The highest BCUT2D eigenvalue weighted by Crippen LogP contribution is 2.34. The zero-order chi connectivity index (χ0) is 14.8. The number of methoxy groups -OCH3 is 1. The summed E-state index contributed by atoms with van der Waals surface area (Å²) in [7, 11) is 1.66. The molecule has 0 unspecified atom stereocenters. The number of H-pyrrole nitrogens is 1. The van der Waals surface area contributed by atoms with Crippen molar-refractivity contribution in [3.8, 4) is 5.75 Å². The Hall–Kier alpha value is -1.46. The standard InChI is InChI=1S/C16H14Br2N2O/c1-21-16-8-15(12(17)7-13(16)18)20-9-10-2-3-11-4-5-19-14(11)6-10/h2-8,19-20H,9H2,1H3. The second kappa shape index (κ2) is 6.12. The van der Waals surface area contributed by atoms with Gasteiger partial charge in [-0.1, -0.05) is 12.1 Å². The lowest BCUT2D eigenvalue weighted by Gasteiger charge is -2.12. The molecule has 2 N–H and O–H groups in total. The molecule has 0 spiro atoms. The van der Waals surface area contributed by atoms with E-state index in [1.54, 1.807) is 7.11 Å². The smallest absolute Gasteiger partial charge is 0.135 e. The minimum Gasteiger partial charge on any atom is -0.495 e. The van der Waals surface area contributed by atoms with Crippen LogP contribution in [0.25, 0.3) is 10.9 Å². The molecule has 21 heavy (non-hydrogen) atoms. The molecule has 5 heteroatoms. The predicted octanol–water partition coefficient (Wildman–Crippen LogP) is 5.31. The van der Waals surface area contributed by atoms with Crippen molar-refractivity contribution >= 4 is 48.5 Å². The molecule has 0 saturated heterocycles. The highest BCUT2D eigenvalue weighted by Gasteiger charge is 2.07. The number of rotatable bonds is 4. The number of nitrogens with one attached hydrogen (secondary N) is 2. The minimum atomic E-state index is 0.748. The van der Waals surface area contributed by atoms with E-state index in [2.05, 4.69) is 66.4 Å². The van der Waals surface area contributed by atoms with Crippen molar-refractivity contribution in [2.24, 2.45) is 0 Å². The van der Waals surface area contributed by atoms with Crippen LogP contribution < -0.4 is 10.1 Å². The first-order chi connectivity index (χ1) is 10.2. The largest absolute Gasteiger partial charge is 0.495 e. The fourth-order valence-corrected chi connectivity index (χ4v) is 3.52. The molecule has 2 aromatic carbocycles. The Morgan fingerprint density at radius 2 is 1.95 bits per heavy atom. The van der Waals surface area contributed by atoms with Crippen LogP contribution in [0.3, 0.4) is 0 Å². The summed E-state index contributed by atoms with van der Waals surface area (Å²) in [5.74, 6) is 0.806. The summed E-state index contributed by atoms with van der Waals surface area (Å²) in [6, 6.07) is 12.4. The number of anilines is 1. The minimum absolute atomic E-state index is 0.748. The Labute approximate surface area is 140 Å². The molecule has 0 bridgehead atoms. The molecule has 0 saturated carbocycles. The number of ether oxygens (including phenoxy) is 1. The van der Waals surface area contributed by atoms with E-state index < -0.39 is 0 Å². The molecule has 0 fully saturated rings. The van der Waals surface area contributed by atoms with Crippen molar-refractivity contribution in [3.63, 3.8) is 0 Å². The van der Waals surface area contributed by atoms with Crippen molar-refractivity contribution in [2.75, 3.05) is 12.4 Å². The van der Waals surface area contributed by atoms with Crippen LogP contribution in [0.1, 0.15) is 5.56 Å². The van der Waals surface area contributed by atoms with Crippen LogP contribution in [-0.4, -0.2) is 12.1 Å². The first-order valence-corrected chi connectivity index (χ1v) is 8.09. The van der Waals surface area contributed by atoms with Crippen LogP contribution in [0.5, 0.6) is 5.75 Å². The molecule has 0 aliphatic rings. The highest BCUT2D eigenvalue weighted by molar-refractivity contribution is 9.11. The van der Waals surface area contributed by atoms with Gasteiger partial charge >= 0.3 is 0 Å². The summed E-state index contributed by atoms with van der Waals surface area (Å²) in [5.41, 5.74) is 3.38. The summed E-state index contributed by atoms with van der Waals surface area (Å²) in [6.45, 7) is 0.748. The lowest BCUT2D eigenvalue weighted by molar-refractivity contribution is 0.412. The average Bonchev–Trinajstić information content (AvgIpc) is 2.94. The van der Waals surface area contributed by atoms with Gasteiger partial charge in [-0.3, -0.25) is 0 Å². The van der Waals surface area contributed by atoms with Gasteiger partial charge in [0.25, 0.3) is 0 Å². The number of benzene rings is 2. The van der Waals surface area contributed by atoms with E-state index in [0.29, 0.717) is 0 Å². The van der Waals surface area contributed by atoms with Crippen molar-refractivity contribution in [1.29, 1.82) is 0 Å². The Morgan fingerprint density at radius 3 is 2.76 bits per heavy atom. The van der Waals surface area contributed by atoms with Gasteiger partial charge in [-0.2, -0.15) is 0 Å². The molecule has 108 valence electrons. The molecule has 0 atom stereocenters. The average molecular weight is 410 g/mol. The van der Waals surface area contributed by atoms with Crippen LogP contribution >= 0.6 is 31.9 Å². The number of aromatic amines is 1. The quantitative estimate of drug-likeness (QED) is 0.612. The second-order valence-corrected chi connectivity index (χ2v) is 6.43. The van der Waals surface area contributed by atoms with Gasteiger partial charge in [0, 0.05) is 28.8 Å². The number of halogens is 2. The van der Waals surface area contributed by atoms with Crippen molar-refractivity contribution < 1.29 is 4.74 Å². The van der Waals surface area contributed by atoms with Gasteiger partial charge < -0.3 is 15.0 Å². The lowest BCUT2D eigenvalue weighted by atomic mass is 10.1. The summed E-state index contributed by atoms with van der Waals surface area (Å²) in [4.78, 5) is 3.23. The maximum absolute atomic E-state index is 5.33. The molecule has 0 radical (unpaired) electrons. The maximum atomic E-state index is 5.33. The normalized spacial score (nSPS) is 10.8. The fraction of sp³-hybridized carbons (Fsp3) is 0.125. The monoisotopic (exact) mass is 408 g/mol. The van der Waals surface area contributed by atoms with Gasteiger partial charge in [-0.25, -0.2) is 0 Å². The van der Waals surface area contributed by atoms with Crippen LogP contribution in [0.4, 0.5) is 5.69 Å². The number of hydrogen-bond donors (Lipinski definition) is 2. The van der Waals surface area contributed by atoms with Crippen LogP contribution in [0, 0.1) is 0 Å². The number of fused-ring (bicyclic) bond motifs is 1. The topological polar surface area (TPSA) is 37.0 Å². The summed E-state index contributed by atoms with van der Waals surface area (Å²) < 4.78 is 7.25. The van der Waals surface area contributed by atoms with Gasteiger partial charge in [-0.05, 0) is 61.0 Å². The van der Waals surface area contributed by atoms with E-state index in [-0.39, 0.29) is 0 Å².